The van der Waals surface area contributed by atoms with Crippen LogP contribution >= 0.6 is 47.1 Å². The highest BCUT2D eigenvalue weighted by atomic mass is 79.9. The smallest absolute Gasteiger partial charge is 0.298 e. The van der Waals surface area contributed by atoms with Crippen LogP contribution in [0.3, 0.4) is 0 Å². The SMILES string of the molecule is CC(C)(C)OOP(=O)(OOC(C)(C)C)C(F)(F)c1ccc(CC(Cc2ccc(C(F)(F)P(=O)(OC(C)(C)C)OC(C)(C)C)c(Br)c2)(C(=O)c2ccccc2)c2ccccc2)cc1Br. The van der Waals surface area contributed by atoms with E-state index in [0.29, 0.717) is 22.3 Å². The molecule has 9 nitrogen and oxygen atoms in total. The fraction of sp³-hybridized carbons (Fsp3) is 0.457. The summed E-state index contributed by atoms with van der Waals surface area (Å²) in [7, 11) is -10.8. The predicted octanol–water partition coefficient (Wildman–Crippen LogP) is 15.4. The number of hydrogen-bond donors (Lipinski definition) is 0. The Hall–Kier alpha value is -2.55. The number of alkyl halides is 4. The first-order valence-electron chi connectivity index (χ1n) is 20.0. The summed E-state index contributed by atoms with van der Waals surface area (Å²) < 4.78 is 115. The second-order valence-electron chi connectivity index (χ2n) is 19.2. The zero-order valence-electron chi connectivity index (χ0n) is 37.5. The van der Waals surface area contributed by atoms with E-state index in [2.05, 4.69) is 31.9 Å². The van der Waals surface area contributed by atoms with Crippen molar-refractivity contribution in [2.75, 3.05) is 0 Å². The van der Waals surface area contributed by atoms with E-state index in [4.69, 9.17) is 28.2 Å². The fourth-order valence-corrected chi connectivity index (χ4v) is 11.5. The molecule has 0 N–H and O–H groups in total. The number of carbonyl (C=O) groups excluding carboxylic acids is 1. The minimum absolute atomic E-state index is 0.0788. The summed E-state index contributed by atoms with van der Waals surface area (Å²) >= 11 is 6.57. The second-order valence-corrected chi connectivity index (χ2v) is 24.6. The molecule has 0 bridgehead atoms. The first kappa shape index (κ1) is 53.1. The Bertz CT molecular complexity index is 2280. The molecule has 1 unspecified atom stereocenters. The van der Waals surface area contributed by atoms with E-state index in [1.165, 1.54) is 107 Å². The number of Topliss-reactive ketones (excluding diaryl/α,β-unsaturated/α-hetero) is 1. The molecule has 0 aromatic heterocycles. The maximum Gasteiger partial charge on any atom is 0.457 e. The third-order valence-electron chi connectivity index (χ3n) is 8.77. The molecule has 0 radical (unpaired) electrons. The zero-order chi connectivity index (χ0) is 47.7. The van der Waals surface area contributed by atoms with Crippen molar-refractivity contribution in [2.24, 2.45) is 0 Å². The van der Waals surface area contributed by atoms with Gasteiger partial charge in [-0.1, -0.05) is 117 Å². The number of halogens is 6. The third kappa shape index (κ3) is 13.3. The van der Waals surface area contributed by atoms with E-state index < -0.39 is 65.5 Å². The van der Waals surface area contributed by atoms with Crippen LogP contribution in [-0.2, 0) is 66.9 Å². The molecular weight excluding hydrogens is 994 g/mol. The molecule has 4 rings (SSSR count). The van der Waals surface area contributed by atoms with Crippen LogP contribution in [0.15, 0.2) is 106 Å². The largest absolute Gasteiger partial charge is 0.457 e. The molecule has 0 spiro atoms. The first-order chi connectivity index (χ1) is 28.6. The normalized spacial score (nSPS) is 14.7. The van der Waals surface area contributed by atoms with Gasteiger partial charge in [-0.15, -0.1) is 9.35 Å². The summed E-state index contributed by atoms with van der Waals surface area (Å²) in [5.74, 6) is -0.350. The van der Waals surface area contributed by atoms with Crippen LogP contribution in [0, 0.1) is 0 Å². The van der Waals surface area contributed by atoms with Crippen molar-refractivity contribution in [1.82, 2.24) is 0 Å². The molecular formula is C46H56Br2F4O9P2. The summed E-state index contributed by atoms with van der Waals surface area (Å²) in [5, 5.41) is 0. The number of rotatable bonds is 17. The monoisotopic (exact) mass is 1050 g/mol. The van der Waals surface area contributed by atoms with Gasteiger partial charge in [-0.3, -0.25) is 18.4 Å². The van der Waals surface area contributed by atoms with Crippen LogP contribution in [0.25, 0.3) is 0 Å². The number of ketones is 1. The lowest BCUT2D eigenvalue weighted by Gasteiger charge is -2.36. The molecule has 0 fully saturated rings. The molecule has 0 heterocycles. The molecule has 17 heteroatoms. The quantitative estimate of drug-likeness (QED) is 0.0336. The van der Waals surface area contributed by atoms with Gasteiger partial charge < -0.3 is 0 Å². The van der Waals surface area contributed by atoms with Crippen molar-refractivity contribution in [2.45, 2.75) is 135 Å². The Balaban J connectivity index is 1.89. The van der Waals surface area contributed by atoms with Gasteiger partial charge >= 0.3 is 26.5 Å². The summed E-state index contributed by atoms with van der Waals surface area (Å²) in [6.45, 7) is 18.0. The van der Waals surface area contributed by atoms with Crippen LogP contribution in [0.1, 0.15) is 121 Å². The Labute approximate surface area is 385 Å². The molecule has 0 amide bonds. The number of benzene rings is 4. The van der Waals surface area contributed by atoms with Gasteiger partial charge in [0.1, 0.15) is 0 Å². The van der Waals surface area contributed by atoms with E-state index >= 15 is 22.4 Å². The van der Waals surface area contributed by atoms with E-state index in [-0.39, 0.29) is 27.6 Å². The minimum Gasteiger partial charge on any atom is -0.298 e. The highest BCUT2D eigenvalue weighted by Crippen LogP contribution is 2.71. The summed E-state index contributed by atoms with van der Waals surface area (Å²) in [6, 6.07) is 25.0. The third-order valence-corrected chi connectivity index (χ3v) is 14.1. The van der Waals surface area contributed by atoms with Gasteiger partial charge in [-0.05, 0) is 125 Å². The molecule has 4 aromatic carbocycles. The van der Waals surface area contributed by atoms with Crippen LogP contribution in [0.5, 0.6) is 0 Å². The summed E-state index contributed by atoms with van der Waals surface area (Å²) in [6.07, 6.45) is -0.172. The lowest BCUT2D eigenvalue weighted by Crippen LogP contribution is -2.41. The average Bonchev–Trinajstić information content (AvgIpc) is 3.14. The molecule has 1 atom stereocenters. The fourth-order valence-electron chi connectivity index (χ4n) is 6.28. The van der Waals surface area contributed by atoms with Crippen molar-refractivity contribution in [3.63, 3.8) is 0 Å². The van der Waals surface area contributed by atoms with E-state index in [1.54, 1.807) is 60.7 Å². The van der Waals surface area contributed by atoms with Gasteiger partial charge in [-0.2, -0.15) is 17.6 Å². The van der Waals surface area contributed by atoms with Crippen LogP contribution in [-0.4, -0.2) is 28.2 Å². The molecule has 0 aliphatic heterocycles. The van der Waals surface area contributed by atoms with Crippen molar-refractivity contribution in [3.05, 3.63) is 139 Å². The minimum atomic E-state index is -5.58. The lowest BCUT2D eigenvalue weighted by atomic mass is 9.67. The number of carbonyl (C=O) groups is 1. The summed E-state index contributed by atoms with van der Waals surface area (Å²) in [4.78, 5) is 25.3. The van der Waals surface area contributed by atoms with Gasteiger partial charge in [0, 0.05) is 25.6 Å². The Morgan fingerprint density at radius 2 is 0.889 bits per heavy atom. The number of hydrogen-bond acceptors (Lipinski definition) is 9. The molecule has 346 valence electrons. The van der Waals surface area contributed by atoms with Crippen LogP contribution in [0.2, 0.25) is 0 Å². The van der Waals surface area contributed by atoms with E-state index in [0.717, 1.165) is 12.1 Å². The van der Waals surface area contributed by atoms with Crippen molar-refractivity contribution >= 4 is 52.8 Å². The highest BCUT2D eigenvalue weighted by molar-refractivity contribution is 9.10. The zero-order valence-corrected chi connectivity index (χ0v) is 42.4. The van der Waals surface area contributed by atoms with Crippen LogP contribution < -0.4 is 0 Å². The van der Waals surface area contributed by atoms with Crippen molar-refractivity contribution in [1.29, 1.82) is 0 Å². The molecule has 0 aliphatic rings. The highest BCUT2D eigenvalue weighted by Gasteiger charge is 2.60. The van der Waals surface area contributed by atoms with Crippen molar-refractivity contribution in [3.8, 4) is 0 Å². The standard InChI is InChI=1S/C46H56Br2F4O9P2/c1-40(2,3)56-60-63(55,61-57-41(4,5)6)46(51,52)36-26-24-32(28-38(36)48)30-44(34-21-17-14-18-22-34,39(53)33-19-15-13-16-20-33)29-31-23-25-35(37(47)27-31)45(49,50)62(54,58-42(7,8)9)59-43(10,11)12/h13-28H,29-30H2,1-12H3. The van der Waals surface area contributed by atoms with Crippen molar-refractivity contribution < 1.29 is 59.7 Å². The molecule has 63 heavy (non-hydrogen) atoms. The predicted molar refractivity (Wildman–Crippen MR) is 243 cm³/mol. The second kappa shape index (κ2) is 19.4. The molecule has 0 aliphatic carbocycles. The molecule has 0 saturated carbocycles. The summed E-state index contributed by atoms with van der Waals surface area (Å²) in [5.41, 5.74) is -14.6. The van der Waals surface area contributed by atoms with Gasteiger partial charge in [-0.25, -0.2) is 14.3 Å². The Morgan fingerprint density at radius 1 is 0.524 bits per heavy atom. The van der Waals surface area contributed by atoms with E-state index in [9.17, 15) is 9.13 Å². The molecule has 0 saturated heterocycles. The topological polar surface area (TPSA) is 107 Å². The average molecular weight is 1050 g/mol. The lowest BCUT2D eigenvalue weighted by molar-refractivity contribution is -0.334. The maximum atomic E-state index is 16.6. The van der Waals surface area contributed by atoms with Gasteiger partial charge in [0.05, 0.1) is 27.8 Å². The Morgan fingerprint density at radius 3 is 1.24 bits per heavy atom. The van der Waals surface area contributed by atoms with E-state index in [1.807, 2.05) is 0 Å². The Kier molecular flexibility index (Phi) is 16.3. The van der Waals surface area contributed by atoms with Gasteiger partial charge in [0.2, 0.25) is 0 Å². The maximum absolute atomic E-state index is 16.6. The van der Waals surface area contributed by atoms with Gasteiger partial charge in [0.15, 0.2) is 5.78 Å². The molecule has 4 aromatic rings. The first-order valence-corrected chi connectivity index (χ1v) is 24.7. The van der Waals surface area contributed by atoms with Crippen LogP contribution in [0.4, 0.5) is 17.6 Å². The van der Waals surface area contributed by atoms with Gasteiger partial charge in [0.25, 0.3) is 0 Å².